The molecule has 250 valence electrons. The summed E-state index contributed by atoms with van der Waals surface area (Å²) in [5.41, 5.74) is 18.1. The van der Waals surface area contributed by atoms with Gasteiger partial charge in [-0.15, -0.1) is 0 Å². The van der Waals surface area contributed by atoms with Gasteiger partial charge in [0.25, 0.3) is 0 Å². The molecule has 0 unspecified atom stereocenters. The molecule has 0 bridgehead atoms. The molecule has 0 heterocycles. The summed E-state index contributed by atoms with van der Waals surface area (Å²) in [7, 11) is 0. The molecule has 9 aromatic rings. The van der Waals surface area contributed by atoms with Crippen molar-refractivity contribution in [1.29, 1.82) is 0 Å². The van der Waals surface area contributed by atoms with Crippen LogP contribution in [0.5, 0.6) is 0 Å². The smallest absolute Gasteiger partial charge is 0.0617 e. The quantitative estimate of drug-likeness (QED) is 0.112. The molecule has 0 amide bonds. The summed E-state index contributed by atoms with van der Waals surface area (Å²) in [5.74, 6) is 0. The maximum Gasteiger partial charge on any atom is 0.0617 e. The minimum absolute atomic E-state index is 0.0198. The molecule has 0 spiro atoms. The third-order valence-electron chi connectivity index (χ3n) is 11.0. The molecule has 9 aromatic carbocycles. The first kappa shape index (κ1) is 31.6. The van der Waals surface area contributed by atoms with Crippen LogP contribution in [-0.2, 0) is 5.41 Å². The molecule has 0 aliphatic heterocycles. The van der Waals surface area contributed by atoms with Gasteiger partial charge < -0.3 is 11.1 Å². The summed E-state index contributed by atoms with van der Waals surface area (Å²) in [4.78, 5) is 0. The van der Waals surface area contributed by atoms with Crippen LogP contribution in [0, 0.1) is 6.92 Å². The van der Waals surface area contributed by atoms with E-state index in [1.807, 2.05) is 54.6 Å². The van der Waals surface area contributed by atoms with Gasteiger partial charge in [-0.1, -0.05) is 141 Å². The summed E-state index contributed by atoms with van der Waals surface area (Å²) >= 11 is 0. The molecule has 0 aromatic heterocycles. The van der Waals surface area contributed by atoms with Crippen LogP contribution in [0.2, 0.25) is 0 Å². The number of nitrogens with two attached hydrogens (primary N) is 1. The number of fused-ring (bicyclic) bond motifs is 8. The summed E-state index contributed by atoms with van der Waals surface area (Å²) in [6.07, 6.45) is 0. The van der Waals surface area contributed by atoms with Gasteiger partial charge in [0.15, 0.2) is 0 Å². The predicted octanol–water partition coefficient (Wildman–Crippen LogP) is 13.6. The highest BCUT2D eigenvalue weighted by molar-refractivity contribution is 6.23. The number of para-hydroxylation sites is 3. The van der Waals surface area contributed by atoms with Crippen molar-refractivity contribution in [2.24, 2.45) is 0 Å². The zero-order valence-corrected chi connectivity index (χ0v) is 29.7. The third kappa shape index (κ3) is 5.10. The molecule has 0 saturated heterocycles. The average Bonchev–Trinajstić information content (AvgIpc) is 3.41. The van der Waals surface area contributed by atoms with Gasteiger partial charge in [-0.05, 0) is 131 Å². The Morgan fingerprint density at radius 2 is 1.06 bits per heavy atom. The highest BCUT2D eigenvalue weighted by atomic mass is 14.9. The molecule has 1 aliphatic carbocycles. The van der Waals surface area contributed by atoms with E-state index in [0.29, 0.717) is 0 Å². The number of anilines is 3. The van der Waals surface area contributed by atoms with E-state index in [2.05, 4.69) is 141 Å². The van der Waals surface area contributed by atoms with Crippen molar-refractivity contribution in [3.05, 3.63) is 187 Å². The second-order valence-corrected chi connectivity index (χ2v) is 14.4. The second kappa shape index (κ2) is 12.4. The number of hydrogen-bond acceptors (Lipinski definition) is 2. The fourth-order valence-corrected chi connectivity index (χ4v) is 8.42. The molecule has 2 heteroatoms. The van der Waals surface area contributed by atoms with Crippen molar-refractivity contribution in [3.63, 3.8) is 0 Å². The van der Waals surface area contributed by atoms with Crippen molar-refractivity contribution < 1.29 is 0 Å². The van der Waals surface area contributed by atoms with E-state index in [0.717, 1.165) is 17.1 Å². The van der Waals surface area contributed by atoms with E-state index in [1.54, 1.807) is 0 Å². The highest BCUT2D eigenvalue weighted by Gasteiger charge is 2.36. The standard InChI is InChI=1S/C38H28.C12H12N2/c1-23-25-13-6-9-18-30(25)37(33-20-24-12-4-5-14-26(24)27-15-7-8-16-28(27)33)34-21-32-29-17-10-11-19-35(29)38(2,3)36(32)22-31(23)34;13-11-8-4-5-9-12(11)14-10-6-2-1-3-7-10/h4-22H,1-3H3;1-9,14H,13H2. The van der Waals surface area contributed by atoms with E-state index in [-0.39, 0.29) is 5.41 Å². The lowest BCUT2D eigenvalue weighted by atomic mass is 9.80. The Labute approximate surface area is 305 Å². The average molecular weight is 669 g/mol. The third-order valence-corrected chi connectivity index (χ3v) is 11.0. The van der Waals surface area contributed by atoms with E-state index in [9.17, 15) is 0 Å². The first-order chi connectivity index (χ1) is 25.4. The van der Waals surface area contributed by atoms with Gasteiger partial charge in [0, 0.05) is 11.1 Å². The Kier molecular flexibility index (Phi) is 7.56. The summed E-state index contributed by atoms with van der Waals surface area (Å²) in [5, 5.41) is 13.8. The van der Waals surface area contributed by atoms with Crippen molar-refractivity contribution in [2.45, 2.75) is 26.2 Å². The highest BCUT2D eigenvalue weighted by Crippen LogP contribution is 2.52. The van der Waals surface area contributed by atoms with Crippen LogP contribution in [0.1, 0.15) is 30.5 Å². The van der Waals surface area contributed by atoms with Gasteiger partial charge in [0.2, 0.25) is 0 Å². The van der Waals surface area contributed by atoms with Crippen LogP contribution in [0.4, 0.5) is 17.1 Å². The SMILES string of the molecule is Cc1c2ccccc2c(-c2cc3ccccc3c3ccccc23)c2cc3c(cc12)C(C)(C)c1ccccc1-3.Nc1ccccc1Nc1ccccc1. The number of benzene rings is 9. The van der Waals surface area contributed by atoms with E-state index >= 15 is 0 Å². The van der Waals surface area contributed by atoms with Crippen LogP contribution >= 0.6 is 0 Å². The van der Waals surface area contributed by atoms with Crippen LogP contribution < -0.4 is 11.1 Å². The molecule has 1 aliphatic rings. The Balaban J connectivity index is 0.000000217. The van der Waals surface area contributed by atoms with Crippen molar-refractivity contribution in [1.82, 2.24) is 0 Å². The zero-order chi connectivity index (χ0) is 35.4. The lowest BCUT2D eigenvalue weighted by Crippen LogP contribution is -2.14. The van der Waals surface area contributed by atoms with Crippen molar-refractivity contribution >= 4 is 60.2 Å². The number of nitrogens with one attached hydrogen (secondary N) is 1. The van der Waals surface area contributed by atoms with Gasteiger partial charge in [-0.3, -0.25) is 0 Å². The summed E-state index contributed by atoms with van der Waals surface area (Å²) in [6, 6.07) is 60.7. The minimum Gasteiger partial charge on any atom is -0.397 e. The van der Waals surface area contributed by atoms with Gasteiger partial charge in [0.05, 0.1) is 11.4 Å². The zero-order valence-electron chi connectivity index (χ0n) is 29.7. The van der Waals surface area contributed by atoms with E-state index in [4.69, 9.17) is 5.73 Å². The van der Waals surface area contributed by atoms with Crippen LogP contribution in [0.3, 0.4) is 0 Å². The Bertz CT molecular complexity index is 2810. The molecular weight excluding hydrogens is 629 g/mol. The molecule has 3 N–H and O–H groups in total. The molecule has 10 rings (SSSR count). The molecule has 0 atom stereocenters. The van der Waals surface area contributed by atoms with Crippen LogP contribution in [0.15, 0.2) is 170 Å². The minimum atomic E-state index is -0.0198. The predicted molar refractivity (Wildman–Crippen MR) is 225 cm³/mol. The van der Waals surface area contributed by atoms with Crippen molar-refractivity contribution in [2.75, 3.05) is 11.1 Å². The number of rotatable bonds is 3. The molecule has 0 fully saturated rings. The molecule has 52 heavy (non-hydrogen) atoms. The van der Waals surface area contributed by atoms with Gasteiger partial charge in [-0.25, -0.2) is 0 Å². The van der Waals surface area contributed by atoms with Gasteiger partial charge in [0.1, 0.15) is 0 Å². The summed E-state index contributed by atoms with van der Waals surface area (Å²) in [6.45, 7) is 7.05. The lowest BCUT2D eigenvalue weighted by molar-refractivity contribution is 0.661. The summed E-state index contributed by atoms with van der Waals surface area (Å²) < 4.78 is 0. The topological polar surface area (TPSA) is 38.0 Å². The fourth-order valence-electron chi connectivity index (χ4n) is 8.42. The Morgan fingerprint density at radius 3 is 1.85 bits per heavy atom. The normalized spacial score (nSPS) is 12.8. The maximum atomic E-state index is 5.81. The number of aryl methyl sites for hydroxylation is 1. The molecule has 0 saturated carbocycles. The van der Waals surface area contributed by atoms with Gasteiger partial charge >= 0.3 is 0 Å². The van der Waals surface area contributed by atoms with E-state index < -0.39 is 0 Å². The monoisotopic (exact) mass is 668 g/mol. The maximum absolute atomic E-state index is 5.81. The first-order valence-electron chi connectivity index (χ1n) is 18.1. The van der Waals surface area contributed by atoms with Crippen molar-refractivity contribution in [3.8, 4) is 22.3 Å². The fraction of sp³-hybridized carbons (Fsp3) is 0.0800. The lowest BCUT2D eigenvalue weighted by Gasteiger charge is -2.23. The number of nitrogen functional groups attached to an aromatic ring is 1. The Hall–Kier alpha value is -6.38. The van der Waals surface area contributed by atoms with Crippen LogP contribution in [-0.4, -0.2) is 0 Å². The molecular formula is C50H40N2. The molecule has 2 nitrogen and oxygen atoms in total. The largest absolute Gasteiger partial charge is 0.397 e. The number of hydrogen-bond donors (Lipinski definition) is 2. The Morgan fingerprint density at radius 1 is 0.442 bits per heavy atom. The molecule has 0 radical (unpaired) electrons. The van der Waals surface area contributed by atoms with Gasteiger partial charge in [-0.2, -0.15) is 0 Å². The van der Waals surface area contributed by atoms with Crippen LogP contribution in [0.25, 0.3) is 65.3 Å². The first-order valence-corrected chi connectivity index (χ1v) is 18.1. The van der Waals surface area contributed by atoms with E-state index in [1.165, 1.54) is 82.0 Å². The second-order valence-electron chi connectivity index (χ2n) is 14.4.